The van der Waals surface area contributed by atoms with Gasteiger partial charge in [-0.15, -0.1) is 0 Å². The second-order valence-corrected chi connectivity index (χ2v) is 3.78. The highest BCUT2D eigenvalue weighted by Crippen LogP contribution is 2.24. The van der Waals surface area contributed by atoms with Crippen LogP contribution in [-0.4, -0.2) is 22.1 Å². The van der Waals surface area contributed by atoms with Crippen molar-refractivity contribution in [3.8, 4) is 5.88 Å². The molecule has 18 heavy (non-hydrogen) atoms. The Hall–Kier alpha value is -2.05. The first-order valence-corrected chi connectivity index (χ1v) is 5.50. The molecule has 0 saturated heterocycles. The van der Waals surface area contributed by atoms with Gasteiger partial charge >= 0.3 is 0 Å². The molecule has 6 heteroatoms. The van der Waals surface area contributed by atoms with Crippen molar-refractivity contribution < 1.29 is 4.74 Å². The van der Waals surface area contributed by atoms with Crippen LogP contribution < -0.4 is 16.0 Å². The number of hydrogen-bond acceptors (Lipinski definition) is 6. The van der Waals surface area contributed by atoms with Gasteiger partial charge in [0.2, 0.25) is 5.88 Å². The van der Waals surface area contributed by atoms with Gasteiger partial charge in [0.1, 0.15) is 5.69 Å². The van der Waals surface area contributed by atoms with E-state index in [9.17, 15) is 0 Å². The van der Waals surface area contributed by atoms with E-state index in [2.05, 4.69) is 20.4 Å². The van der Waals surface area contributed by atoms with Crippen LogP contribution in [0.25, 0.3) is 0 Å². The Balaban J connectivity index is 2.41. The van der Waals surface area contributed by atoms with Crippen molar-refractivity contribution in [2.45, 2.75) is 13.0 Å². The standard InChI is InChI=1S/C12H15N5O/c1-8-3-4-9(7-16-8)10(17-13)11-12(18-2)15-6-5-14-11/h3-7,10,17H,13H2,1-2H3. The van der Waals surface area contributed by atoms with Crippen LogP contribution in [0, 0.1) is 6.92 Å². The first kappa shape index (κ1) is 12.4. The Bertz CT molecular complexity index is 514. The second-order valence-electron chi connectivity index (χ2n) is 3.78. The monoisotopic (exact) mass is 245 g/mol. The summed E-state index contributed by atoms with van der Waals surface area (Å²) in [6.07, 6.45) is 4.93. The van der Waals surface area contributed by atoms with Gasteiger partial charge in [0.05, 0.1) is 13.2 Å². The lowest BCUT2D eigenvalue weighted by Gasteiger charge is -2.17. The number of rotatable bonds is 4. The lowest BCUT2D eigenvalue weighted by molar-refractivity contribution is 0.383. The maximum atomic E-state index is 5.60. The average molecular weight is 245 g/mol. The van der Waals surface area contributed by atoms with Gasteiger partial charge < -0.3 is 4.74 Å². The lowest BCUT2D eigenvalue weighted by Crippen LogP contribution is -2.30. The number of aromatic nitrogens is 3. The summed E-state index contributed by atoms with van der Waals surface area (Å²) in [6.45, 7) is 1.93. The SMILES string of the molecule is COc1nccnc1C(NN)c1ccc(C)nc1. The molecule has 2 aromatic rings. The molecule has 0 aromatic carbocycles. The van der Waals surface area contributed by atoms with Gasteiger partial charge in [0.15, 0.2) is 0 Å². The maximum absolute atomic E-state index is 5.60. The summed E-state index contributed by atoms with van der Waals surface area (Å²) >= 11 is 0. The minimum atomic E-state index is -0.304. The smallest absolute Gasteiger partial charge is 0.237 e. The van der Waals surface area contributed by atoms with Crippen LogP contribution in [0.15, 0.2) is 30.7 Å². The van der Waals surface area contributed by atoms with Crippen molar-refractivity contribution >= 4 is 0 Å². The molecule has 1 unspecified atom stereocenters. The van der Waals surface area contributed by atoms with E-state index < -0.39 is 0 Å². The summed E-state index contributed by atoms with van der Waals surface area (Å²) in [6, 6.07) is 3.56. The molecule has 0 spiro atoms. The Labute approximate surface area is 105 Å². The Kier molecular flexibility index (Phi) is 3.81. The molecule has 0 aliphatic heterocycles. The predicted octanol–water partition coefficient (Wildman–Crippen LogP) is 0.741. The number of methoxy groups -OCH3 is 1. The maximum Gasteiger partial charge on any atom is 0.237 e. The normalized spacial score (nSPS) is 12.2. The molecule has 3 N–H and O–H groups in total. The number of hydrogen-bond donors (Lipinski definition) is 2. The van der Waals surface area contributed by atoms with E-state index in [1.165, 1.54) is 0 Å². The van der Waals surface area contributed by atoms with Crippen molar-refractivity contribution in [1.82, 2.24) is 20.4 Å². The third kappa shape index (κ3) is 2.44. The Morgan fingerprint density at radius 3 is 2.61 bits per heavy atom. The third-order valence-corrected chi connectivity index (χ3v) is 2.59. The summed E-state index contributed by atoms with van der Waals surface area (Å²) < 4.78 is 5.18. The zero-order valence-corrected chi connectivity index (χ0v) is 10.3. The largest absolute Gasteiger partial charge is 0.480 e. The quantitative estimate of drug-likeness (QED) is 0.610. The third-order valence-electron chi connectivity index (χ3n) is 2.59. The summed E-state index contributed by atoms with van der Waals surface area (Å²) in [7, 11) is 1.55. The van der Waals surface area contributed by atoms with Gasteiger partial charge in [-0.3, -0.25) is 15.8 Å². The fraction of sp³-hybridized carbons (Fsp3) is 0.250. The Morgan fingerprint density at radius 1 is 1.22 bits per heavy atom. The first-order chi connectivity index (χ1) is 8.76. The van der Waals surface area contributed by atoms with Crippen LogP contribution in [-0.2, 0) is 0 Å². The minimum absolute atomic E-state index is 0.304. The Morgan fingerprint density at radius 2 is 2.00 bits per heavy atom. The number of hydrazine groups is 1. The molecule has 0 amide bonds. The molecule has 0 aliphatic rings. The van der Waals surface area contributed by atoms with Gasteiger partial charge in [0.25, 0.3) is 0 Å². The zero-order chi connectivity index (χ0) is 13.0. The first-order valence-electron chi connectivity index (χ1n) is 5.50. The molecule has 2 heterocycles. The minimum Gasteiger partial charge on any atom is -0.480 e. The number of aryl methyl sites for hydroxylation is 1. The molecular formula is C12H15N5O. The van der Waals surface area contributed by atoms with E-state index in [0.717, 1.165) is 11.3 Å². The van der Waals surface area contributed by atoms with E-state index in [1.807, 2.05) is 19.1 Å². The van der Waals surface area contributed by atoms with Gasteiger partial charge in [-0.25, -0.2) is 10.4 Å². The summed E-state index contributed by atoms with van der Waals surface area (Å²) in [4.78, 5) is 12.6. The molecule has 2 aromatic heterocycles. The fourth-order valence-corrected chi connectivity index (χ4v) is 1.67. The van der Waals surface area contributed by atoms with Crippen molar-refractivity contribution in [2.24, 2.45) is 5.84 Å². The second kappa shape index (κ2) is 5.52. The number of nitrogens with zero attached hydrogens (tertiary/aromatic N) is 3. The molecule has 0 bridgehead atoms. The highest BCUT2D eigenvalue weighted by atomic mass is 16.5. The fourth-order valence-electron chi connectivity index (χ4n) is 1.67. The molecule has 0 fully saturated rings. The summed E-state index contributed by atoms with van der Waals surface area (Å²) in [5.74, 6) is 6.04. The lowest BCUT2D eigenvalue weighted by atomic mass is 10.1. The highest BCUT2D eigenvalue weighted by Gasteiger charge is 2.19. The molecule has 6 nitrogen and oxygen atoms in total. The van der Waals surface area contributed by atoms with Crippen LogP contribution in [0.1, 0.15) is 23.0 Å². The molecule has 0 saturated carbocycles. The molecule has 0 radical (unpaired) electrons. The van der Waals surface area contributed by atoms with E-state index in [4.69, 9.17) is 10.6 Å². The van der Waals surface area contributed by atoms with Crippen molar-refractivity contribution in [3.05, 3.63) is 47.7 Å². The number of pyridine rings is 1. The molecule has 2 rings (SSSR count). The van der Waals surface area contributed by atoms with Crippen LogP contribution in [0.4, 0.5) is 0 Å². The average Bonchev–Trinajstić information content (AvgIpc) is 2.42. The van der Waals surface area contributed by atoms with Gasteiger partial charge in [-0.2, -0.15) is 0 Å². The summed E-state index contributed by atoms with van der Waals surface area (Å²) in [5.41, 5.74) is 5.19. The van der Waals surface area contributed by atoms with Crippen molar-refractivity contribution in [1.29, 1.82) is 0 Å². The molecule has 0 aliphatic carbocycles. The van der Waals surface area contributed by atoms with Gasteiger partial charge in [-0.05, 0) is 18.6 Å². The summed E-state index contributed by atoms with van der Waals surface area (Å²) in [5, 5.41) is 0. The van der Waals surface area contributed by atoms with Crippen molar-refractivity contribution in [3.63, 3.8) is 0 Å². The van der Waals surface area contributed by atoms with E-state index in [-0.39, 0.29) is 6.04 Å². The van der Waals surface area contributed by atoms with Crippen LogP contribution in [0.2, 0.25) is 0 Å². The highest BCUT2D eigenvalue weighted by molar-refractivity contribution is 5.31. The van der Waals surface area contributed by atoms with E-state index in [1.54, 1.807) is 25.7 Å². The molecule has 94 valence electrons. The number of nitrogens with two attached hydrogens (primary N) is 1. The van der Waals surface area contributed by atoms with Crippen LogP contribution in [0.3, 0.4) is 0 Å². The van der Waals surface area contributed by atoms with E-state index in [0.29, 0.717) is 11.6 Å². The number of ether oxygens (including phenoxy) is 1. The molecular weight excluding hydrogens is 230 g/mol. The van der Waals surface area contributed by atoms with Gasteiger partial charge in [-0.1, -0.05) is 6.07 Å². The topological polar surface area (TPSA) is 86.0 Å². The van der Waals surface area contributed by atoms with Crippen molar-refractivity contribution in [2.75, 3.05) is 7.11 Å². The predicted molar refractivity (Wildman–Crippen MR) is 66.7 cm³/mol. The number of nitrogens with one attached hydrogen (secondary N) is 1. The zero-order valence-electron chi connectivity index (χ0n) is 10.3. The van der Waals surface area contributed by atoms with Crippen LogP contribution >= 0.6 is 0 Å². The van der Waals surface area contributed by atoms with Crippen LogP contribution in [0.5, 0.6) is 5.88 Å². The van der Waals surface area contributed by atoms with Gasteiger partial charge in [0, 0.05) is 24.3 Å². The van der Waals surface area contributed by atoms with E-state index >= 15 is 0 Å². The molecule has 1 atom stereocenters.